The fourth-order valence-corrected chi connectivity index (χ4v) is 4.69. The Kier molecular flexibility index (Phi) is 3.04. The molecule has 0 radical (unpaired) electrons. The molecule has 2 N–H and O–H groups in total. The Bertz CT molecular complexity index is 342. The third-order valence-corrected chi connectivity index (χ3v) is 5.13. The summed E-state index contributed by atoms with van der Waals surface area (Å²) in [4.78, 5) is 12.1. The Morgan fingerprint density at radius 3 is 2.11 bits per heavy atom. The third-order valence-electron chi connectivity index (χ3n) is 5.13. The molecule has 4 rings (SSSR count). The zero-order valence-corrected chi connectivity index (χ0v) is 11.9. The van der Waals surface area contributed by atoms with Gasteiger partial charge in [0, 0.05) is 0 Å². The standard InChI is InChI=1S/C15H25NO3/c1-14(2,9-17)16-13(18)19-15-6-10-3-11(7-15)5-12(4-10)8-15/h10-12,17H,3-9H2,1-2H3,(H,16,18). The maximum atomic E-state index is 12.1. The summed E-state index contributed by atoms with van der Waals surface area (Å²) in [7, 11) is 0. The molecular weight excluding hydrogens is 242 g/mol. The smallest absolute Gasteiger partial charge is 0.408 e. The zero-order chi connectivity index (χ0) is 13.7. The number of nitrogens with one attached hydrogen (secondary N) is 1. The van der Waals surface area contributed by atoms with Crippen molar-refractivity contribution in [2.24, 2.45) is 17.8 Å². The van der Waals surface area contributed by atoms with Gasteiger partial charge in [-0.1, -0.05) is 0 Å². The van der Waals surface area contributed by atoms with Crippen molar-refractivity contribution in [2.45, 2.75) is 63.5 Å². The summed E-state index contributed by atoms with van der Waals surface area (Å²) >= 11 is 0. The lowest BCUT2D eigenvalue weighted by Crippen LogP contribution is -2.55. The molecular formula is C15H25NO3. The Labute approximate surface area is 114 Å². The third kappa shape index (κ3) is 2.60. The van der Waals surface area contributed by atoms with Crippen molar-refractivity contribution < 1.29 is 14.6 Å². The van der Waals surface area contributed by atoms with E-state index in [2.05, 4.69) is 5.32 Å². The van der Waals surface area contributed by atoms with E-state index in [1.165, 1.54) is 19.3 Å². The molecule has 0 aromatic carbocycles. The molecule has 0 aliphatic heterocycles. The molecule has 108 valence electrons. The molecule has 0 aromatic rings. The average Bonchev–Trinajstić information content (AvgIpc) is 2.25. The van der Waals surface area contributed by atoms with Crippen molar-refractivity contribution in [3.05, 3.63) is 0 Å². The second-order valence-corrected chi connectivity index (χ2v) is 7.66. The van der Waals surface area contributed by atoms with E-state index in [-0.39, 0.29) is 18.3 Å². The number of rotatable bonds is 3. The van der Waals surface area contributed by atoms with Crippen LogP contribution in [0.25, 0.3) is 0 Å². The van der Waals surface area contributed by atoms with Gasteiger partial charge in [0.05, 0.1) is 12.1 Å². The summed E-state index contributed by atoms with van der Waals surface area (Å²) in [6, 6.07) is 0. The summed E-state index contributed by atoms with van der Waals surface area (Å²) in [6.45, 7) is 3.52. The largest absolute Gasteiger partial charge is 0.443 e. The van der Waals surface area contributed by atoms with Crippen LogP contribution in [0.5, 0.6) is 0 Å². The topological polar surface area (TPSA) is 58.6 Å². The lowest BCUT2D eigenvalue weighted by Gasteiger charge is -2.55. The first-order valence-electron chi connectivity index (χ1n) is 7.52. The van der Waals surface area contributed by atoms with E-state index < -0.39 is 5.54 Å². The summed E-state index contributed by atoms with van der Waals surface area (Å²) in [5.74, 6) is 2.31. The Balaban J connectivity index is 1.65. The first-order valence-corrected chi connectivity index (χ1v) is 7.52. The van der Waals surface area contributed by atoms with Gasteiger partial charge < -0.3 is 15.2 Å². The van der Waals surface area contributed by atoms with E-state index in [1.807, 2.05) is 0 Å². The molecule has 0 spiro atoms. The second-order valence-electron chi connectivity index (χ2n) is 7.66. The van der Waals surface area contributed by atoms with Crippen LogP contribution in [0, 0.1) is 17.8 Å². The minimum atomic E-state index is -0.612. The number of amides is 1. The van der Waals surface area contributed by atoms with Gasteiger partial charge in [-0.3, -0.25) is 0 Å². The quantitative estimate of drug-likeness (QED) is 0.825. The van der Waals surface area contributed by atoms with Crippen molar-refractivity contribution in [3.63, 3.8) is 0 Å². The molecule has 4 aliphatic carbocycles. The van der Waals surface area contributed by atoms with Gasteiger partial charge in [-0.25, -0.2) is 4.79 Å². The first kappa shape index (κ1) is 13.2. The highest BCUT2D eigenvalue weighted by Gasteiger charge is 2.53. The van der Waals surface area contributed by atoms with Crippen LogP contribution < -0.4 is 5.32 Å². The zero-order valence-electron chi connectivity index (χ0n) is 11.9. The summed E-state index contributed by atoms with van der Waals surface area (Å²) in [6.07, 6.45) is 6.80. The van der Waals surface area contributed by atoms with Gasteiger partial charge in [-0.05, 0) is 70.1 Å². The number of ether oxygens (including phenoxy) is 1. The number of aliphatic hydroxyl groups excluding tert-OH is 1. The molecule has 4 aliphatic rings. The second kappa shape index (κ2) is 4.37. The van der Waals surface area contributed by atoms with Crippen molar-refractivity contribution >= 4 is 6.09 Å². The molecule has 0 aromatic heterocycles. The average molecular weight is 267 g/mol. The van der Waals surface area contributed by atoms with Crippen LogP contribution in [0.2, 0.25) is 0 Å². The lowest BCUT2D eigenvalue weighted by molar-refractivity contribution is -0.128. The summed E-state index contributed by atoms with van der Waals surface area (Å²) < 4.78 is 5.83. The highest BCUT2D eigenvalue weighted by Crippen LogP contribution is 2.57. The van der Waals surface area contributed by atoms with E-state index >= 15 is 0 Å². The van der Waals surface area contributed by atoms with Crippen LogP contribution in [0.4, 0.5) is 4.79 Å². The van der Waals surface area contributed by atoms with Gasteiger partial charge in [-0.2, -0.15) is 0 Å². The lowest BCUT2D eigenvalue weighted by atomic mass is 9.54. The molecule has 0 atom stereocenters. The van der Waals surface area contributed by atoms with Crippen molar-refractivity contribution in [1.29, 1.82) is 0 Å². The van der Waals surface area contributed by atoms with Crippen LogP contribution in [0.1, 0.15) is 52.4 Å². The normalized spacial score (nSPS) is 40.3. The minimum absolute atomic E-state index is 0.0804. The molecule has 19 heavy (non-hydrogen) atoms. The number of aliphatic hydroxyl groups is 1. The van der Waals surface area contributed by atoms with Gasteiger partial charge in [0.2, 0.25) is 0 Å². The van der Waals surface area contributed by atoms with Gasteiger partial charge in [0.1, 0.15) is 5.60 Å². The summed E-state index contributed by atoms with van der Waals surface area (Å²) in [5, 5.41) is 12.0. The highest BCUT2D eigenvalue weighted by atomic mass is 16.6. The van der Waals surface area contributed by atoms with Gasteiger partial charge >= 0.3 is 6.09 Å². The van der Waals surface area contributed by atoms with Gasteiger partial charge in [0.15, 0.2) is 0 Å². The Hall–Kier alpha value is -0.770. The van der Waals surface area contributed by atoms with Crippen molar-refractivity contribution in [1.82, 2.24) is 5.32 Å². The van der Waals surface area contributed by atoms with Crippen molar-refractivity contribution in [3.8, 4) is 0 Å². The fourth-order valence-electron chi connectivity index (χ4n) is 4.69. The number of carbonyl (C=O) groups is 1. The van der Waals surface area contributed by atoms with Crippen LogP contribution in [-0.4, -0.2) is 28.9 Å². The molecule has 0 saturated heterocycles. The van der Waals surface area contributed by atoms with Gasteiger partial charge in [-0.15, -0.1) is 0 Å². The highest BCUT2D eigenvalue weighted by molar-refractivity contribution is 5.68. The molecule has 1 amide bonds. The predicted molar refractivity (Wildman–Crippen MR) is 71.7 cm³/mol. The monoisotopic (exact) mass is 267 g/mol. The molecule has 4 heteroatoms. The fraction of sp³-hybridized carbons (Fsp3) is 0.933. The minimum Gasteiger partial charge on any atom is -0.443 e. The maximum absolute atomic E-state index is 12.1. The maximum Gasteiger partial charge on any atom is 0.408 e. The Morgan fingerprint density at radius 2 is 1.68 bits per heavy atom. The SMILES string of the molecule is CC(C)(CO)NC(=O)OC12CC3CC(CC(C3)C1)C2. The Morgan fingerprint density at radius 1 is 1.21 bits per heavy atom. The number of hydrogen-bond donors (Lipinski definition) is 2. The molecule has 4 saturated carbocycles. The number of hydrogen-bond acceptors (Lipinski definition) is 3. The number of carbonyl (C=O) groups excluding carboxylic acids is 1. The molecule has 4 nitrogen and oxygen atoms in total. The van der Waals surface area contributed by atoms with Crippen LogP contribution in [0.15, 0.2) is 0 Å². The molecule has 0 unspecified atom stereocenters. The van der Waals surface area contributed by atoms with Crippen LogP contribution >= 0.6 is 0 Å². The molecule has 4 fully saturated rings. The van der Waals surface area contributed by atoms with E-state index in [0.29, 0.717) is 0 Å². The van der Waals surface area contributed by atoms with E-state index in [4.69, 9.17) is 4.74 Å². The predicted octanol–water partition coefficient (Wildman–Crippen LogP) is 2.45. The number of alkyl carbamates (subject to hydrolysis) is 1. The van der Waals surface area contributed by atoms with E-state index in [9.17, 15) is 9.90 Å². The van der Waals surface area contributed by atoms with E-state index in [0.717, 1.165) is 37.0 Å². The van der Waals surface area contributed by atoms with Gasteiger partial charge in [0.25, 0.3) is 0 Å². The van der Waals surface area contributed by atoms with Crippen molar-refractivity contribution in [2.75, 3.05) is 6.61 Å². The molecule has 0 heterocycles. The van der Waals surface area contributed by atoms with Crippen LogP contribution in [-0.2, 0) is 4.74 Å². The molecule has 4 bridgehead atoms. The summed E-state index contributed by atoms with van der Waals surface area (Å²) in [5.41, 5.74) is -0.816. The van der Waals surface area contributed by atoms with E-state index in [1.54, 1.807) is 13.8 Å². The first-order chi connectivity index (χ1) is 8.90. The van der Waals surface area contributed by atoms with Crippen LogP contribution in [0.3, 0.4) is 0 Å².